The fourth-order valence-electron chi connectivity index (χ4n) is 2.49. The zero-order valence-electron chi connectivity index (χ0n) is 13.0. The van der Waals surface area contributed by atoms with Crippen molar-refractivity contribution in [2.24, 2.45) is 0 Å². The zero-order valence-corrected chi connectivity index (χ0v) is 13.0. The Labute approximate surface area is 140 Å². The molecule has 0 fully saturated rings. The summed E-state index contributed by atoms with van der Waals surface area (Å²) in [5.74, 6) is 0.471. The minimum atomic E-state index is -0.506. The molecular formula is C18H13N4O3+. The summed E-state index contributed by atoms with van der Waals surface area (Å²) in [7, 11) is 0. The Hall–Kier alpha value is -3.74. The van der Waals surface area contributed by atoms with Gasteiger partial charge in [-0.05, 0) is 27.7 Å². The van der Waals surface area contributed by atoms with E-state index < -0.39 is 5.63 Å². The summed E-state index contributed by atoms with van der Waals surface area (Å²) in [6, 6.07) is 14.8. The van der Waals surface area contributed by atoms with Gasteiger partial charge in [0.15, 0.2) is 0 Å². The highest BCUT2D eigenvalue weighted by molar-refractivity contribution is 5.80. The summed E-state index contributed by atoms with van der Waals surface area (Å²) >= 11 is 0. The molecule has 0 aliphatic carbocycles. The van der Waals surface area contributed by atoms with E-state index >= 15 is 0 Å². The predicted octanol–water partition coefficient (Wildman–Crippen LogP) is 1.65. The third-order valence-electron chi connectivity index (χ3n) is 3.70. The van der Waals surface area contributed by atoms with Crippen molar-refractivity contribution in [3.63, 3.8) is 0 Å². The maximum Gasteiger partial charge on any atom is 0.427 e. The van der Waals surface area contributed by atoms with Gasteiger partial charge in [0.05, 0.1) is 10.9 Å². The number of rotatable bonds is 3. The second kappa shape index (κ2) is 6.04. The molecule has 7 nitrogen and oxygen atoms in total. The first-order valence-electron chi connectivity index (χ1n) is 7.57. The topological polar surface area (TPSA) is 95.6 Å². The number of aromatic amines is 2. The average molecular weight is 333 g/mol. The normalized spacial score (nSPS) is 11.4. The van der Waals surface area contributed by atoms with Crippen molar-refractivity contribution in [1.82, 2.24) is 15.2 Å². The van der Waals surface area contributed by atoms with Crippen LogP contribution in [0.3, 0.4) is 0 Å². The van der Waals surface area contributed by atoms with Crippen molar-refractivity contribution in [1.29, 1.82) is 0 Å². The van der Waals surface area contributed by atoms with E-state index in [2.05, 4.69) is 19.8 Å². The first-order chi connectivity index (χ1) is 12.2. The van der Waals surface area contributed by atoms with Crippen LogP contribution in [0.5, 0.6) is 0 Å². The molecule has 7 heteroatoms. The average Bonchev–Trinajstić information content (AvgIpc) is 3.07. The van der Waals surface area contributed by atoms with Crippen LogP contribution in [0.25, 0.3) is 28.7 Å². The van der Waals surface area contributed by atoms with E-state index in [4.69, 9.17) is 0 Å². The highest BCUT2D eigenvalue weighted by Gasteiger charge is 2.13. The molecule has 122 valence electrons. The van der Waals surface area contributed by atoms with Crippen LogP contribution >= 0.6 is 0 Å². The number of aromatic nitrogens is 4. The van der Waals surface area contributed by atoms with Gasteiger partial charge < -0.3 is 4.98 Å². The van der Waals surface area contributed by atoms with Crippen molar-refractivity contribution < 1.29 is 9.20 Å². The summed E-state index contributed by atoms with van der Waals surface area (Å²) in [5, 5.41) is 2.86. The van der Waals surface area contributed by atoms with Gasteiger partial charge in [-0.25, -0.2) is 9.78 Å². The van der Waals surface area contributed by atoms with Crippen molar-refractivity contribution in [3.05, 3.63) is 86.9 Å². The number of fused-ring (bicyclic) bond motifs is 1. The quantitative estimate of drug-likeness (QED) is 0.557. The Morgan fingerprint density at radius 2 is 1.88 bits per heavy atom. The van der Waals surface area contributed by atoms with Crippen molar-refractivity contribution in [2.45, 2.75) is 0 Å². The lowest BCUT2D eigenvalue weighted by molar-refractivity contribution is -0.670. The lowest BCUT2D eigenvalue weighted by Gasteiger charge is -1.99. The van der Waals surface area contributed by atoms with Gasteiger partial charge in [0.1, 0.15) is 5.82 Å². The number of hydrogen-bond acceptors (Lipinski definition) is 4. The molecule has 2 N–H and O–H groups in total. The van der Waals surface area contributed by atoms with Crippen LogP contribution < -0.4 is 15.9 Å². The molecule has 0 saturated heterocycles. The van der Waals surface area contributed by atoms with E-state index in [1.807, 2.05) is 36.4 Å². The summed E-state index contributed by atoms with van der Waals surface area (Å²) in [6.45, 7) is 0. The molecule has 2 heterocycles. The monoisotopic (exact) mass is 333 g/mol. The maximum atomic E-state index is 12.4. The van der Waals surface area contributed by atoms with Gasteiger partial charge in [0, 0.05) is 12.1 Å². The first-order valence-corrected chi connectivity index (χ1v) is 7.57. The van der Waals surface area contributed by atoms with Crippen LogP contribution in [-0.4, -0.2) is 15.2 Å². The molecule has 2 aromatic heterocycles. The Kier molecular flexibility index (Phi) is 3.59. The van der Waals surface area contributed by atoms with Crippen LogP contribution in [0, 0.1) is 0 Å². The molecule has 2 aromatic carbocycles. The minimum absolute atomic E-state index is 0.258. The first kappa shape index (κ1) is 14.8. The van der Waals surface area contributed by atoms with Crippen molar-refractivity contribution in [3.8, 4) is 5.69 Å². The second-order valence-electron chi connectivity index (χ2n) is 5.41. The van der Waals surface area contributed by atoms with Gasteiger partial charge >= 0.3 is 5.63 Å². The third kappa shape index (κ3) is 3.02. The fourth-order valence-corrected chi connectivity index (χ4v) is 2.49. The predicted molar refractivity (Wildman–Crippen MR) is 92.2 cm³/mol. The second-order valence-corrected chi connectivity index (χ2v) is 5.41. The lowest BCUT2D eigenvalue weighted by atomic mass is 10.2. The van der Waals surface area contributed by atoms with E-state index in [0.29, 0.717) is 22.4 Å². The van der Waals surface area contributed by atoms with E-state index in [9.17, 15) is 9.59 Å². The van der Waals surface area contributed by atoms with E-state index in [1.165, 1.54) is 10.9 Å². The number of hydrogen-bond donors (Lipinski definition) is 2. The number of H-pyrrole nitrogens is 2. The molecular weight excluding hydrogens is 320 g/mol. The molecule has 25 heavy (non-hydrogen) atoms. The SMILES string of the molecule is O=c1c[n+](-c2ccc3nc(/C=C\c4ccccc4)[nH]c(=O)c3c2)[nH]o1. The molecule has 0 aliphatic heterocycles. The fraction of sp³-hybridized carbons (Fsp3) is 0. The Morgan fingerprint density at radius 3 is 2.64 bits per heavy atom. The molecule has 4 rings (SSSR count). The van der Waals surface area contributed by atoms with Gasteiger partial charge in [-0.1, -0.05) is 36.4 Å². The van der Waals surface area contributed by atoms with Gasteiger partial charge in [-0.15, -0.1) is 0 Å². The van der Waals surface area contributed by atoms with Crippen LogP contribution in [0.4, 0.5) is 0 Å². The molecule has 0 atom stereocenters. The van der Waals surface area contributed by atoms with E-state index in [0.717, 1.165) is 5.56 Å². The molecule has 0 bridgehead atoms. The number of nitrogens with one attached hydrogen (secondary N) is 2. The summed E-state index contributed by atoms with van der Waals surface area (Å²) in [5.41, 5.74) is 1.41. The Balaban J connectivity index is 1.74. The zero-order chi connectivity index (χ0) is 17.2. The van der Waals surface area contributed by atoms with Crippen LogP contribution in [0.15, 0.2) is 68.8 Å². The summed E-state index contributed by atoms with van der Waals surface area (Å²) in [4.78, 5) is 30.7. The van der Waals surface area contributed by atoms with Crippen LogP contribution in [-0.2, 0) is 0 Å². The summed E-state index contributed by atoms with van der Waals surface area (Å²) < 4.78 is 6.02. The van der Waals surface area contributed by atoms with Gasteiger partial charge in [0.25, 0.3) is 11.8 Å². The van der Waals surface area contributed by atoms with Gasteiger partial charge in [0.2, 0.25) is 5.69 Å². The summed E-state index contributed by atoms with van der Waals surface area (Å²) in [6.07, 6.45) is 4.89. The third-order valence-corrected chi connectivity index (χ3v) is 3.70. The largest absolute Gasteiger partial charge is 0.427 e. The number of benzene rings is 2. The molecule has 0 saturated carbocycles. The standard InChI is InChI=1S/C18H12N4O3/c23-17-11-22(21-25-17)13-7-8-15-14(10-13)18(24)20-16(19-15)9-6-12-4-2-1-3-5-12/h1-11H,(H-,19,20,21,23,24)/p+1/b9-6-. The minimum Gasteiger partial charge on any atom is -0.306 e. The maximum absolute atomic E-state index is 12.4. The lowest BCUT2D eigenvalue weighted by Crippen LogP contribution is -2.32. The van der Waals surface area contributed by atoms with Crippen molar-refractivity contribution >= 4 is 23.1 Å². The van der Waals surface area contributed by atoms with Gasteiger partial charge in [-0.2, -0.15) is 0 Å². The smallest absolute Gasteiger partial charge is 0.306 e. The molecule has 0 unspecified atom stereocenters. The molecule has 0 aliphatic rings. The highest BCUT2D eigenvalue weighted by atomic mass is 16.5. The molecule has 0 radical (unpaired) electrons. The highest BCUT2D eigenvalue weighted by Crippen LogP contribution is 2.11. The molecule has 0 amide bonds. The van der Waals surface area contributed by atoms with Gasteiger partial charge in [-0.3, -0.25) is 9.32 Å². The van der Waals surface area contributed by atoms with Crippen molar-refractivity contribution in [2.75, 3.05) is 0 Å². The van der Waals surface area contributed by atoms with Crippen LogP contribution in [0.1, 0.15) is 11.4 Å². The Morgan fingerprint density at radius 1 is 1.04 bits per heavy atom. The van der Waals surface area contributed by atoms with E-state index in [1.54, 1.807) is 24.3 Å². The Bertz CT molecular complexity index is 1190. The molecule has 0 spiro atoms. The van der Waals surface area contributed by atoms with Crippen LogP contribution in [0.2, 0.25) is 0 Å². The van der Waals surface area contributed by atoms with E-state index in [-0.39, 0.29) is 5.56 Å². The molecule has 4 aromatic rings. The number of nitrogens with zero attached hydrogens (tertiary/aromatic N) is 2.